The van der Waals surface area contributed by atoms with E-state index < -0.39 is 0 Å². The van der Waals surface area contributed by atoms with Gasteiger partial charge in [-0.1, -0.05) is 42.0 Å². The number of ether oxygens (including phenoxy) is 1. The van der Waals surface area contributed by atoms with Crippen molar-refractivity contribution in [1.82, 2.24) is 15.2 Å². The van der Waals surface area contributed by atoms with Crippen LogP contribution in [0.4, 0.5) is 0 Å². The molecule has 0 spiro atoms. The molecule has 0 saturated heterocycles. The van der Waals surface area contributed by atoms with Gasteiger partial charge in [-0.2, -0.15) is 9.89 Å². The maximum atomic E-state index is 12.6. The second-order valence-electron chi connectivity index (χ2n) is 7.16. The summed E-state index contributed by atoms with van der Waals surface area (Å²) in [4.78, 5) is 27.7. The highest BCUT2D eigenvalue weighted by molar-refractivity contribution is 7.20. The predicted octanol–water partition coefficient (Wildman–Crippen LogP) is 3.66. The number of methoxy groups -OCH3 is 1. The zero-order valence-corrected chi connectivity index (χ0v) is 18.0. The van der Waals surface area contributed by atoms with Gasteiger partial charge in [0, 0.05) is 11.9 Å². The Bertz CT molecular complexity index is 1240. The molecule has 0 unspecified atom stereocenters. The van der Waals surface area contributed by atoms with Crippen molar-refractivity contribution in [2.75, 3.05) is 12.5 Å². The first-order valence-corrected chi connectivity index (χ1v) is 10.6. The van der Waals surface area contributed by atoms with Gasteiger partial charge < -0.3 is 10.1 Å². The number of amides is 2. The number of rotatable bonds is 7. The highest BCUT2D eigenvalue weighted by atomic mass is 32.1. The molecule has 0 aliphatic carbocycles. The molecule has 2 aromatic carbocycles. The average molecular weight is 435 g/mol. The minimum Gasteiger partial charge on any atom is -0.497 e. The molecule has 31 heavy (non-hydrogen) atoms. The lowest BCUT2D eigenvalue weighted by Crippen LogP contribution is -2.25. The first-order valence-electron chi connectivity index (χ1n) is 9.76. The fraction of sp³-hybridized carbons (Fsp3) is 0.174. The Morgan fingerprint density at radius 2 is 1.90 bits per heavy atom. The van der Waals surface area contributed by atoms with E-state index in [2.05, 4.69) is 15.8 Å². The van der Waals surface area contributed by atoms with Crippen molar-refractivity contribution in [2.24, 2.45) is 0 Å². The van der Waals surface area contributed by atoms with Crippen LogP contribution in [0.25, 0.3) is 10.2 Å². The summed E-state index contributed by atoms with van der Waals surface area (Å²) in [5.74, 6) is 0.334. The average Bonchev–Trinajstić information content (AvgIpc) is 3.34. The molecule has 4 aromatic rings. The third kappa shape index (κ3) is 4.92. The van der Waals surface area contributed by atoms with E-state index in [9.17, 15) is 9.59 Å². The van der Waals surface area contributed by atoms with Crippen LogP contribution < -0.4 is 15.5 Å². The molecule has 0 aliphatic heterocycles. The fourth-order valence-electron chi connectivity index (χ4n) is 3.23. The van der Waals surface area contributed by atoms with E-state index in [4.69, 9.17) is 4.74 Å². The number of carbonyl (C=O) groups excluding carboxylic acids is 2. The smallest absolute Gasteiger partial charge is 0.261 e. The highest BCUT2D eigenvalue weighted by Crippen LogP contribution is 2.25. The minimum atomic E-state index is -0.211. The van der Waals surface area contributed by atoms with Gasteiger partial charge in [0.1, 0.15) is 10.6 Å². The topological polar surface area (TPSA) is 85.2 Å². The first-order chi connectivity index (χ1) is 15.0. The van der Waals surface area contributed by atoms with Gasteiger partial charge >= 0.3 is 0 Å². The van der Waals surface area contributed by atoms with Crippen LogP contribution in [0.5, 0.6) is 5.75 Å². The molecule has 0 saturated carbocycles. The van der Waals surface area contributed by atoms with Gasteiger partial charge in [0.05, 0.1) is 24.6 Å². The van der Waals surface area contributed by atoms with Crippen molar-refractivity contribution in [2.45, 2.75) is 19.9 Å². The maximum absolute atomic E-state index is 12.6. The number of nitrogens with one attached hydrogen (secondary N) is 2. The van der Waals surface area contributed by atoms with Crippen molar-refractivity contribution in [3.63, 3.8) is 0 Å². The molecule has 0 fully saturated rings. The number of hydrogen-bond donors (Lipinski definition) is 2. The van der Waals surface area contributed by atoms with Crippen molar-refractivity contribution in [3.05, 3.63) is 82.4 Å². The molecule has 2 N–H and O–H groups in total. The number of benzene rings is 2. The molecule has 8 heteroatoms. The minimum absolute atomic E-state index is 0.156. The van der Waals surface area contributed by atoms with Crippen LogP contribution in [0.2, 0.25) is 0 Å². The van der Waals surface area contributed by atoms with E-state index in [1.807, 2.05) is 55.5 Å². The highest BCUT2D eigenvalue weighted by Gasteiger charge is 2.15. The Morgan fingerprint density at radius 3 is 2.71 bits per heavy atom. The Hall–Kier alpha value is -3.65. The van der Waals surface area contributed by atoms with E-state index in [1.165, 1.54) is 16.1 Å². The number of aromatic nitrogens is 2. The Kier molecular flexibility index (Phi) is 5.99. The summed E-state index contributed by atoms with van der Waals surface area (Å²) in [5, 5.41) is 7.95. The molecule has 0 radical (unpaired) electrons. The lowest BCUT2D eigenvalue weighted by Gasteiger charge is -2.07. The van der Waals surface area contributed by atoms with Gasteiger partial charge in [0.25, 0.3) is 5.91 Å². The Morgan fingerprint density at radius 1 is 1.10 bits per heavy atom. The number of hydrogen-bond acceptors (Lipinski definition) is 5. The maximum Gasteiger partial charge on any atom is 0.261 e. The van der Waals surface area contributed by atoms with Gasteiger partial charge in [-0.15, -0.1) is 11.3 Å². The summed E-state index contributed by atoms with van der Waals surface area (Å²) in [6, 6.07) is 17.1. The van der Waals surface area contributed by atoms with Crippen molar-refractivity contribution >= 4 is 33.4 Å². The summed E-state index contributed by atoms with van der Waals surface area (Å²) >= 11 is 1.29. The predicted molar refractivity (Wildman–Crippen MR) is 121 cm³/mol. The van der Waals surface area contributed by atoms with E-state index in [-0.39, 0.29) is 18.2 Å². The molecule has 2 aromatic heterocycles. The molecular formula is C23H22N4O3S. The summed E-state index contributed by atoms with van der Waals surface area (Å²) in [6.45, 7) is 2.48. The van der Waals surface area contributed by atoms with E-state index in [1.54, 1.807) is 19.4 Å². The van der Waals surface area contributed by atoms with Crippen LogP contribution in [0.15, 0.2) is 60.8 Å². The third-order valence-corrected chi connectivity index (χ3v) is 5.86. The summed E-state index contributed by atoms with van der Waals surface area (Å²) in [5.41, 5.74) is 5.81. The van der Waals surface area contributed by atoms with Crippen LogP contribution in [-0.4, -0.2) is 28.8 Å². The van der Waals surface area contributed by atoms with Gasteiger partial charge in [0.2, 0.25) is 5.91 Å². The van der Waals surface area contributed by atoms with Gasteiger partial charge in [-0.25, -0.2) is 5.43 Å². The van der Waals surface area contributed by atoms with Crippen molar-refractivity contribution < 1.29 is 14.3 Å². The number of nitrogens with zero attached hydrogens (tertiary/aromatic N) is 2. The number of carbonyl (C=O) groups is 2. The zero-order chi connectivity index (χ0) is 21.8. The van der Waals surface area contributed by atoms with Gasteiger partial charge in [-0.05, 0) is 36.2 Å². The standard InChI is InChI=1S/C23H22N4O3S/c1-15-5-3-7-17(9-15)13-24-22(29)20-12-18-14-25-27(23(18)31-20)26-21(28)11-16-6-4-8-19(10-16)30-2/h3-10,12,14H,11,13H2,1-2H3,(H,24,29)(H,26,28). The lowest BCUT2D eigenvalue weighted by molar-refractivity contribution is -0.116. The second kappa shape index (κ2) is 9.01. The van der Waals surface area contributed by atoms with E-state index >= 15 is 0 Å². The number of aryl methyl sites for hydroxylation is 1. The van der Waals surface area contributed by atoms with Gasteiger partial charge in [0.15, 0.2) is 0 Å². The summed E-state index contributed by atoms with van der Waals surface area (Å²) < 4.78 is 5.19. The van der Waals surface area contributed by atoms with Crippen molar-refractivity contribution in [3.8, 4) is 5.75 Å². The molecule has 0 atom stereocenters. The number of fused-ring (bicyclic) bond motifs is 1. The van der Waals surface area contributed by atoms with Crippen LogP contribution >= 0.6 is 11.3 Å². The summed E-state index contributed by atoms with van der Waals surface area (Å²) in [6.07, 6.45) is 1.82. The van der Waals surface area contributed by atoms with Crippen LogP contribution in [0.1, 0.15) is 26.4 Å². The Labute approximate surface area is 183 Å². The fourth-order valence-corrected chi connectivity index (χ4v) is 4.20. The Balaban J connectivity index is 1.42. The summed E-state index contributed by atoms with van der Waals surface area (Å²) in [7, 11) is 1.59. The van der Waals surface area contributed by atoms with E-state index in [0.717, 1.165) is 22.1 Å². The monoisotopic (exact) mass is 434 g/mol. The van der Waals surface area contributed by atoms with E-state index in [0.29, 0.717) is 22.0 Å². The SMILES string of the molecule is COc1cccc(CC(=O)Nn2ncc3cc(C(=O)NCc4cccc(C)c4)sc32)c1. The second-order valence-corrected chi connectivity index (χ2v) is 8.19. The molecule has 4 rings (SSSR count). The molecule has 7 nitrogen and oxygen atoms in total. The van der Waals surface area contributed by atoms with Gasteiger partial charge in [-0.3, -0.25) is 9.59 Å². The quantitative estimate of drug-likeness (QED) is 0.465. The molecular weight excluding hydrogens is 412 g/mol. The number of thiophene rings is 1. The normalized spacial score (nSPS) is 10.8. The lowest BCUT2D eigenvalue weighted by atomic mass is 10.1. The largest absolute Gasteiger partial charge is 0.497 e. The molecule has 0 aliphatic rings. The third-order valence-electron chi connectivity index (χ3n) is 4.73. The molecule has 2 amide bonds. The van der Waals surface area contributed by atoms with Crippen LogP contribution in [0.3, 0.4) is 0 Å². The van der Waals surface area contributed by atoms with Crippen LogP contribution in [0, 0.1) is 6.92 Å². The van der Waals surface area contributed by atoms with Crippen LogP contribution in [-0.2, 0) is 17.8 Å². The molecule has 2 heterocycles. The zero-order valence-electron chi connectivity index (χ0n) is 17.2. The van der Waals surface area contributed by atoms with Crippen molar-refractivity contribution in [1.29, 1.82) is 0 Å². The molecule has 158 valence electrons. The molecule has 0 bridgehead atoms. The first kappa shape index (κ1) is 20.6.